The molecular weight excluding hydrogens is 378 g/mol. The lowest BCUT2D eigenvalue weighted by atomic mass is 10.0. The van der Waals surface area contributed by atoms with Gasteiger partial charge in [0.15, 0.2) is 0 Å². The number of aryl methyl sites for hydroxylation is 1. The lowest BCUT2D eigenvalue weighted by molar-refractivity contribution is -0.0517. The summed E-state index contributed by atoms with van der Waals surface area (Å²) in [5.74, 6) is 1.25. The van der Waals surface area contributed by atoms with E-state index in [-0.39, 0.29) is 18.5 Å². The number of nitrogens with zero attached hydrogens (tertiary/aromatic N) is 3. The summed E-state index contributed by atoms with van der Waals surface area (Å²) in [4.78, 5) is 2.24. The van der Waals surface area contributed by atoms with Crippen molar-refractivity contribution in [2.45, 2.75) is 45.4 Å². The SMILES string of the molecule is Cc1cnn(CC2CN(CC(O)COc3ccccc3C(C)C)CCO2)c1.Cl. The number of morpholine rings is 1. The molecule has 6 nitrogen and oxygen atoms in total. The van der Waals surface area contributed by atoms with Gasteiger partial charge in [-0.2, -0.15) is 5.10 Å². The normalized spacial score (nSPS) is 18.7. The molecule has 2 atom stereocenters. The molecule has 1 aliphatic rings. The van der Waals surface area contributed by atoms with E-state index in [0.29, 0.717) is 25.7 Å². The second-order valence-corrected chi connectivity index (χ2v) is 7.65. The van der Waals surface area contributed by atoms with E-state index in [0.717, 1.165) is 30.9 Å². The largest absolute Gasteiger partial charge is 0.491 e. The second-order valence-electron chi connectivity index (χ2n) is 7.65. The fraction of sp³-hybridized carbons (Fsp3) is 0.571. The van der Waals surface area contributed by atoms with Gasteiger partial charge in [-0.1, -0.05) is 32.0 Å². The summed E-state index contributed by atoms with van der Waals surface area (Å²) in [6.45, 7) is 10.2. The zero-order valence-corrected chi connectivity index (χ0v) is 17.8. The lowest BCUT2D eigenvalue weighted by Crippen LogP contribution is -2.47. The molecule has 1 fully saturated rings. The van der Waals surface area contributed by atoms with Crippen LogP contribution in [-0.2, 0) is 11.3 Å². The number of ether oxygens (including phenoxy) is 2. The van der Waals surface area contributed by atoms with E-state index in [9.17, 15) is 5.11 Å². The summed E-state index contributed by atoms with van der Waals surface area (Å²) in [5.41, 5.74) is 2.32. The van der Waals surface area contributed by atoms with Crippen LogP contribution in [0.1, 0.15) is 30.9 Å². The van der Waals surface area contributed by atoms with Gasteiger partial charge in [0.25, 0.3) is 0 Å². The van der Waals surface area contributed by atoms with E-state index in [1.54, 1.807) is 0 Å². The maximum atomic E-state index is 10.4. The maximum Gasteiger partial charge on any atom is 0.122 e. The van der Waals surface area contributed by atoms with E-state index < -0.39 is 6.10 Å². The summed E-state index contributed by atoms with van der Waals surface area (Å²) >= 11 is 0. The van der Waals surface area contributed by atoms with Crippen LogP contribution in [0.15, 0.2) is 36.7 Å². The average molecular weight is 410 g/mol. The summed E-state index contributed by atoms with van der Waals surface area (Å²) in [6, 6.07) is 8.04. The minimum Gasteiger partial charge on any atom is -0.491 e. The zero-order chi connectivity index (χ0) is 19.2. The number of hydrogen-bond acceptors (Lipinski definition) is 5. The second kappa shape index (κ2) is 10.8. The van der Waals surface area contributed by atoms with Crippen molar-refractivity contribution in [2.24, 2.45) is 0 Å². The molecule has 0 spiro atoms. The Morgan fingerprint density at radius 1 is 1.32 bits per heavy atom. The molecule has 28 heavy (non-hydrogen) atoms. The van der Waals surface area contributed by atoms with Gasteiger partial charge in [-0.05, 0) is 30.0 Å². The zero-order valence-electron chi connectivity index (χ0n) is 17.0. The van der Waals surface area contributed by atoms with Crippen LogP contribution in [0.3, 0.4) is 0 Å². The molecule has 2 heterocycles. The van der Waals surface area contributed by atoms with Gasteiger partial charge in [-0.15, -0.1) is 12.4 Å². The Morgan fingerprint density at radius 2 is 2.11 bits per heavy atom. The highest BCUT2D eigenvalue weighted by atomic mass is 35.5. The molecule has 3 rings (SSSR count). The number of aliphatic hydroxyl groups excluding tert-OH is 1. The highest BCUT2D eigenvalue weighted by Gasteiger charge is 2.23. The van der Waals surface area contributed by atoms with Crippen molar-refractivity contribution in [3.05, 3.63) is 47.8 Å². The Morgan fingerprint density at radius 3 is 2.82 bits per heavy atom. The molecule has 0 aliphatic carbocycles. The van der Waals surface area contributed by atoms with Gasteiger partial charge in [0, 0.05) is 25.8 Å². The highest BCUT2D eigenvalue weighted by molar-refractivity contribution is 5.85. The Hall–Kier alpha value is -1.60. The quantitative estimate of drug-likeness (QED) is 0.726. The van der Waals surface area contributed by atoms with Gasteiger partial charge >= 0.3 is 0 Å². The van der Waals surface area contributed by atoms with Gasteiger partial charge < -0.3 is 14.6 Å². The van der Waals surface area contributed by atoms with E-state index in [4.69, 9.17) is 9.47 Å². The number of rotatable bonds is 8. The van der Waals surface area contributed by atoms with Gasteiger partial charge in [-0.3, -0.25) is 9.58 Å². The van der Waals surface area contributed by atoms with Crippen molar-refractivity contribution >= 4 is 12.4 Å². The van der Waals surface area contributed by atoms with Crippen molar-refractivity contribution < 1.29 is 14.6 Å². The van der Waals surface area contributed by atoms with Crippen molar-refractivity contribution in [1.82, 2.24) is 14.7 Å². The number of benzene rings is 1. The molecule has 0 saturated carbocycles. The number of halogens is 1. The molecule has 156 valence electrons. The molecule has 0 bridgehead atoms. The highest BCUT2D eigenvalue weighted by Crippen LogP contribution is 2.25. The third-order valence-electron chi connectivity index (χ3n) is 4.82. The molecule has 1 aromatic heterocycles. The molecule has 0 radical (unpaired) electrons. The number of β-amino-alcohol motifs (C(OH)–C–C–N with tert-alkyl or cyclic N) is 1. The van der Waals surface area contributed by atoms with Gasteiger partial charge in [-0.25, -0.2) is 0 Å². The first-order valence-corrected chi connectivity index (χ1v) is 9.74. The maximum absolute atomic E-state index is 10.4. The minimum atomic E-state index is -0.532. The van der Waals surface area contributed by atoms with E-state index in [2.05, 4.69) is 29.9 Å². The molecule has 0 amide bonds. The number of aliphatic hydroxyl groups is 1. The monoisotopic (exact) mass is 409 g/mol. The van der Waals surface area contributed by atoms with Crippen molar-refractivity contribution in [2.75, 3.05) is 32.8 Å². The van der Waals surface area contributed by atoms with Crippen LogP contribution in [0.2, 0.25) is 0 Å². The smallest absolute Gasteiger partial charge is 0.122 e. The van der Waals surface area contributed by atoms with E-state index in [1.165, 1.54) is 5.56 Å². The number of aromatic nitrogens is 2. The fourth-order valence-corrected chi connectivity index (χ4v) is 3.46. The van der Waals surface area contributed by atoms with Crippen LogP contribution < -0.4 is 4.74 Å². The van der Waals surface area contributed by atoms with Crippen LogP contribution in [0, 0.1) is 6.92 Å². The van der Waals surface area contributed by atoms with Gasteiger partial charge in [0.2, 0.25) is 0 Å². The molecular formula is C21H32ClN3O3. The van der Waals surface area contributed by atoms with Crippen LogP contribution >= 0.6 is 12.4 Å². The summed E-state index contributed by atoms with van der Waals surface area (Å²) in [6.07, 6.45) is 3.44. The molecule has 1 saturated heterocycles. The lowest BCUT2D eigenvalue weighted by Gasteiger charge is -2.34. The van der Waals surface area contributed by atoms with Crippen molar-refractivity contribution in [3.63, 3.8) is 0 Å². The Bertz CT molecular complexity index is 722. The molecule has 2 unspecified atom stereocenters. The Balaban J connectivity index is 0.00000280. The topological polar surface area (TPSA) is 59.8 Å². The molecule has 1 aliphatic heterocycles. The predicted molar refractivity (Wildman–Crippen MR) is 112 cm³/mol. The summed E-state index contributed by atoms with van der Waals surface area (Å²) in [7, 11) is 0. The Kier molecular flexibility index (Phi) is 8.76. The van der Waals surface area contributed by atoms with Crippen molar-refractivity contribution in [3.8, 4) is 5.75 Å². The molecule has 1 aromatic carbocycles. The van der Waals surface area contributed by atoms with E-state index in [1.807, 2.05) is 42.2 Å². The van der Waals surface area contributed by atoms with Crippen molar-refractivity contribution in [1.29, 1.82) is 0 Å². The number of hydrogen-bond donors (Lipinski definition) is 1. The first-order valence-electron chi connectivity index (χ1n) is 9.74. The van der Waals surface area contributed by atoms with Gasteiger partial charge in [0.1, 0.15) is 18.5 Å². The molecule has 2 aromatic rings. The first kappa shape index (κ1) is 22.7. The van der Waals surface area contributed by atoms with Crippen LogP contribution in [-0.4, -0.2) is 64.8 Å². The molecule has 1 N–H and O–H groups in total. The minimum absolute atomic E-state index is 0. The van der Waals surface area contributed by atoms with Crippen LogP contribution in [0.5, 0.6) is 5.75 Å². The third-order valence-corrected chi connectivity index (χ3v) is 4.82. The summed E-state index contributed by atoms with van der Waals surface area (Å²) < 4.78 is 13.7. The third kappa shape index (κ3) is 6.48. The standard InChI is InChI=1S/C21H31N3O3.ClH/c1-16(2)20-6-4-5-7-21(20)27-15-18(25)12-23-8-9-26-19(13-23)14-24-11-17(3)10-22-24;/h4-7,10-11,16,18-19,25H,8-9,12-15H2,1-3H3;1H. The van der Waals surface area contributed by atoms with Gasteiger partial charge in [0.05, 0.1) is 25.5 Å². The molecule has 7 heteroatoms. The van der Waals surface area contributed by atoms with Crippen LogP contribution in [0.25, 0.3) is 0 Å². The van der Waals surface area contributed by atoms with E-state index >= 15 is 0 Å². The Labute approximate surface area is 173 Å². The van der Waals surface area contributed by atoms with Crippen LogP contribution in [0.4, 0.5) is 0 Å². The average Bonchev–Trinajstić information content (AvgIpc) is 3.05. The summed E-state index contributed by atoms with van der Waals surface area (Å²) in [5, 5.41) is 14.8. The number of para-hydroxylation sites is 1. The fourth-order valence-electron chi connectivity index (χ4n) is 3.46. The predicted octanol–water partition coefficient (Wildman–Crippen LogP) is 2.88. The first-order chi connectivity index (χ1) is 13.0.